The minimum absolute atomic E-state index is 0.180. The van der Waals surface area contributed by atoms with Crippen LogP contribution in [-0.2, 0) is 4.79 Å². The number of nitrogens with zero attached hydrogens (tertiary/aromatic N) is 1. The molecule has 2 atom stereocenters. The van der Waals surface area contributed by atoms with Crippen molar-refractivity contribution in [3.63, 3.8) is 0 Å². The summed E-state index contributed by atoms with van der Waals surface area (Å²) in [6, 6.07) is 7.49. The Hall–Kier alpha value is -1.55. The number of carbonyl (C=O) groups is 1. The van der Waals surface area contributed by atoms with Crippen molar-refractivity contribution in [2.75, 3.05) is 26.7 Å². The van der Waals surface area contributed by atoms with Crippen LogP contribution in [0.5, 0.6) is 5.75 Å². The molecule has 0 amide bonds. The molecule has 104 valence electrons. The van der Waals surface area contributed by atoms with Gasteiger partial charge < -0.3 is 14.7 Å². The van der Waals surface area contributed by atoms with Gasteiger partial charge >= 0.3 is 5.97 Å². The van der Waals surface area contributed by atoms with Crippen LogP contribution in [0.1, 0.15) is 24.8 Å². The Labute approximate surface area is 114 Å². The van der Waals surface area contributed by atoms with Crippen molar-refractivity contribution < 1.29 is 14.6 Å². The van der Waals surface area contributed by atoms with Gasteiger partial charge in [0.25, 0.3) is 0 Å². The largest absolute Gasteiger partial charge is 0.494 e. The summed E-state index contributed by atoms with van der Waals surface area (Å²) >= 11 is 0. The van der Waals surface area contributed by atoms with Crippen LogP contribution in [0.15, 0.2) is 24.3 Å². The van der Waals surface area contributed by atoms with Gasteiger partial charge in [-0.15, -0.1) is 0 Å². The highest BCUT2D eigenvalue weighted by Gasteiger charge is 2.33. The molecule has 1 aliphatic heterocycles. The van der Waals surface area contributed by atoms with E-state index in [1.807, 2.05) is 38.2 Å². The van der Waals surface area contributed by atoms with Crippen molar-refractivity contribution >= 4 is 5.97 Å². The standard InChI is InChI=1S/C15H21NO3/c1-3-19-13-6-4-5-11(9-13)14(15(17)18)12-7-8-16(2)10-12/h4-6,9,12,14H,3,7-8,10H2,1-2H3,(H,17,18). The van der Waals surface area contributed by atoms with Crippen molar-refractivity contribution in [1.82, 2.24) is 4.90 Å². The van der Waals surface area contributed by atoms with Crippen molar-refractivity contribution in [1.29, 1.82) is 0 Å². The predicted molar refractivity (Wildman–Crippen MR) is 73.6 cm³/mol. The monoisotopic (exact) mass is 263 g/mol. The molecule has 0 aliphatic carbocycles. The van der Waals surface area contributed by atoms with E-state index in [2.05, 4.69) is 4.90 Å². The van der Waals surface area contributed by atoms with Gasteiger partial charge in [0.1, 0.15) is 5.75 Å². The summed E-state index contributed by atoms with van der Waals surface area (Å²) in [6.07, 6.45) is 0.937. The molecule has 0 spiro atoms. The van der Waals surface area contributed by atoms with Crippen LogP contribution >= 0.6 is 0 Å². The molecule has 2 rings (SSSR count). The number of ether oxygens (including phenoxy) is 1. The third-order valence-corrected chi connectivity index (χ3v) is 3.69. The molecule has 2 unspecified atom stereocenters. The van der Waals surface area contributed by atoms with Crippen LogP contribution in [-0.4, -0.2) is 42.7 Å². The third kappa shape index (κ3) is 3.26. The number of rotatable bonds is 5. The lowest BCUT2D eigenvalue weighted by Gasteiger charge is -2.20. The molecule has 0 aromatic heterocycles. The van der Waals surface area contributed by atoms with E-state index in [-0.39, 0.29) is 5.92 Å². The molecule has 1 aromatic carbocycles. The van der Waals surface area contributed by atoms with E-state index in [4.69, 9.17) is 4.74 Å². The van der Waals surface area contributed by atoms with Gasteiger partial charge in [0, 0.05) is 6.54 Å². The average Bonchev–Trinajstić information content (AvgIpc) is 2.76. The number of hydrogen-bond acceptors (Lipinski definition) is 3. The number of carboxylic acids is 1. The minimum Gasteiger partial charge on any atom is -0.494 e. The van der Waals surface area contributed by atoms with Gasteiger partial charge in [-0.25, -0.2) is 0 Å². The van der Waals surface area contributed by atoms with Gasteiger partial charge in [-0.1, -0.05) is 12.1 Å². The summed E-state index contributed by atoms with van der Waals surface area (Å²) in [5.41, 5.74) is 0.846. The van der Waals surface area contributed by atoms with E-state index in [9.17, 15) is 9.90 Å². The second-order valence-electron chi connectivity index (χ2n) is 5.13. The van der Waals surface area contributed by atoms with Crippen LogP contribution in [0.3, 0.4) is 0 Å². The topological polar surface area (TPSA) is 49.8 Å². The maximum absolute atomic E-state index is 11.6. The molecule has 4 nitrogen and oxygen atoms in total. The molecule has 1 aliphatic rings. The maximum Gasteiger partial charge on any atom is 0.311 e. The molecular formula is C15H21NO3. The van der Waals surface area contributed by atoms with E-state index in [0.29, 0.717) is 6.61 Å². The Balaban J connectivity index is 2.23. The lowest BCUT2D eigenvalue weighted by Crippen LogP contribution is -2.24. The first-order valence-electron chi connectivity index (χ1n) is 6.76. The average molecular weight is 263 g/mol. The van der Waals surface area contributed by atoms with Gasteiger partial charge in [0.15, 0.2) is 0 Å². The summed E-state index contributed by atoms with van der Waals surface area (Å²) in [5, 5.41) is 9.53. The first-order chi connectivity index (χ1) is 9.11. The Morgan fingerprint density at radius 2 is 2.37 bits per heavy atom. The number of benzene rings is 1. The van der Waals surface area contributed by atoms with E-state index >= 15 is 0 Å². The van der Waals surface area contributed by atoms with E-state index in [0.717, 1.165) is 30.8 Å². The first kappa shape index (κ1) is 13.9. The van der Waals surface area contributed by atoms with Gasteiger partial charge in [0.2, 0.25) is 0 Å². The zero-order valence-electron chi connectivity index (χ0n) is 11.5. The quantitative estimate of drug-likeness (QED) is 0.885. The fraction of sp³-hybridized carbons (Fsp3) is 0.533. The summed E-state index contributed by atoms with van der Waals surface area (Å²) < 4.78 is 5.46. The molecule has 0 saturated carbocycles. The Morgan fingerprint density at radius 1 is 1.58 bits per heavy atom. The third-order valence-electron chi connectivity index (χ3n) is 3.69. The highest BCUT2D eigenvalue weighted by Crippen LogP contribution is 2.33. The van der Waals surface area contributed by atoms with Gasteiger partial charge in [-0.2, -0.15) is 0 Å². The second-order valence-corrected chi connectivity index (χ2v) is 5.13. The van der Waals surface area contributed by atoms with Crippen molar-refractivity contribution in [2.24, 2.45) is 5.92 Å². The molecule has 1 N–H and O–H groups in total. The van der Waals surface area contributed by atoms with Crippen molar-refractivity contribution in [2.45, 2.75) is 19.3 Å². The van der Waals surface area contributed by atoms with Gasteiger partial charge in [0.05, 0.1) is 12.5 Å². The minimum atomic E-state index is -0.742. The van der Waals surface area contributed by atoms with Crippen molar-refractivity contribution in [3.05, 3.63) is 29.8 Å². The van der Waals surface area contributed by atoms with E-state index < -0.39 is 11.9 Å². The Bertz CT molecular complexity index is 447. The van der Waals surface area contributed by atoms with Crippen LogP contribution in [0.2, 0.25) is 0 Å². The first-order valence-corrected chi connectivity index (χ1v) is 6.76. The zero-order valence-corrected chi connectivity index (χ0v) is 11.5. The predicted octanol–water partition coefficient (Wildman–Crippen LogP) is 2.21. The molecule has 1 aromatic rings. The molecule has 19 heavy (non-hydrogen) atoms. The number of aliphatic carboxylic acids is 1. The molecule has 1 heterocycles. The zero-order chi connectivity index (χ0) is 13.8. The van der Waals surface area contributed by atoms with E-state index in [1.165, 1.54) is 0 Å². The van der Waals surface area contributed by atoms with E-state index in [1.54, 1.807) is 0 Å². The normalized spacial score (nSPS) is 21.3. The summed E-state index contributed by atoms with van der Waals surface area (Å²) in [4.78, 5) is 13.8. The fourth-order valence-corrected chi connectivity index (χ4v) is 2.82. The second kappa shape index (κ2) is 6.06. The lowest BCUT2D eigenvalue weighted by atomic mass is 9.85. The summed E-state index contributed by atoms with van der Waals surface area (Å²) in [6.45, 7) is 4.33. The summed E-state index contributed by atoms with van der Waals surface area (Å²) in [7, 11) is 2.04. The molecule has 1 fully saturated rings. The number of hydrogen-bond donors (Lipinski definition) is 1. The smallest absolute Gasteiger partial charge is 0.311 e. The van der Waals surface area contributed by atoms with Crippen LogP contribution in [0, 0.1) is 5.92 Å². The van der Waals surface area contributed by atoms with Gasteiger partial charge in [-0.05, 0) is 50.6 Å². The van der Waals surface area contributed by atoms with Gasteiger partial charge in [-0.3, -0.25) is 4.79 Å². The highest BCUT2D eigenvalue weighted by atomic mass is 16.5. The molecule has 0 radical (unpaired) electrons. The summed E-state index contributed by atoms with van der Waals surface area (Å²) in [5.74, 6) is -0.253. The fourth-order valence-electron chi connectivity index (χ4n) is 2.82. The SMILES string of the molecule is CCOc1cccc(C(C(=O)O)C2CCN(C)C2)c1. The van der Waals surface area contributed by atoms with Crippen molar-refractivity contribution in [3.8, 4) is 5.75 Å². The van der Waals surface area contributed by atoms with Crippen LogP contribution in [0.25, 0.3) is 0 Å². The number of likely N-dealkylation sites (tertiary alicyclic amines) is 1. The van der Waals surface area contributed by atoms with Crippen LogP contribution < -0.4 is 4.74 Å². The molecule has 4 heteroatoms. The number of carboxylic acid groups (broad SMARTS) is 1. The molecular weight excluding hydrogens is 242 g/mol. The van der Waals surface area contributed by atoms with Crippen LogP contribution in [0.4, 0.5) is 0 Å². The molecule has 0 bridgehead atoms. The maximum atomic E-state index is 11.6. The highest BCUT2D eigenvalue weighted by molar-refractivity contribution is 5.76. The Morgan fingerprint density at radius 3 is 2.95 bits per heavy atom. The molecule has 1 saturated heterocycles. The lowest BCUT2D eigenvalue weighted by molar-refractivity contribution is -0.140. The Kier molecular flexibility index (Phi) is 4.43.